The standard InChI is InChI=1S/C27H41N7O3Si/c1-27(2,3)37-26(35)33-13-8-10-21(18-33)29-23-22-11-14-34(19-36-15-16-38(4,5)6)24(22)32-25(31-23)30-20-9-7-12-28-17-20/h7,9,11-12,14,17,21H,8,10,13,15-16,18-19H2,1-6H3,(H2,29,30,31,32)/t21-/m1/s1. The van der Waals surface area contributed by atoms with Crippen LogP contribution in [0.25, 0.3) is 11.0 Å². The van der Waals surface area contributed by atoms with Gasteiger partial charge >= 0.3 is 6.09 Å². The van der Waals surface area contributed by atoms with Crippen LogP contribution in [-0.2, 0) is 16.2 Å². The van der Waals surface area contributed by atoms with E-state index in [1.165, 1.54) is 0 Å². The first-order chi connectivity index (χ1) is 18.0. The monoisotopic (exact) mass is 539 g/mol. The van der Waals surface area contributed by atoms with Crippen molar-refractivity contribution in [1.29, 1.82) is 0 Å². The van der Waals surface area contributed by atoms with E-state index >= 15 is 0 Å². The largest absolute Gasteiger partial charge is 0.444 e. The molecule has 0 radical (unpaired) electrons. The van der Waals surface area contributed by atoms with Gasteiger partial charge in [-0.3, -0.25) is 4.98 Å². The molecule has 0 saturated carbocycles. The molecule has 0 unspecified atom stereocenters. The molecular weight excluding hydrogens is 498 g/mol. The number of nitrogens with one attached hydrogen (secondary N) is 2. The van der Waals surface area contributed by atoms with Gasteiger partial charge in [0, 0.05) is 46.2 Å². The third-order valence-electron chi connectivity index (χ3n) is 6.18. The Morgan fingerprint density at radius 3 is 2.74 bits per heavy atom. The number of hydrogen-bond acceptors (Lipinski definition) is 8. The van der Waals surface area contributed by atoms with Crippen molar-refractivity contribution in [3.05, 3.63) is 36.8 Å². The Bertz CT molecular complexity index is 1220. The van der Waals surface area contributed by atoms with Gasteiger partial charge < -0.3 is 29.6 Å². The zero-order valence-corrected chi connectivity index (χ0v) is 24.5. The van der Waals surface area contributed by atoms with E-state index in [9.17, 15) is 4.79 Å². The van der Waals surface area contributed by atoms with Gasteiger partial charge in [0.2, 0.25) is 5.95 Å². The summed E-state index contributed by atoms with van der Waals surface area (Å²) in [5, 5.41) is 7.77. The van der Waals surface area contributed by atoms with Gasteiger partial charge in [-0.15, -0.1) is 0 Å². The Balaban J connectivity index is 1.55. The Kier molecular flexibility index (Phi) is 8.56. The van der Waals surface area contributed by atoms with E-state index in [0.717, 1.165) is 48.0 Å². The fraction of sp³-hybridized carbons (Fsp3) is 0.556. The fourth-order valence-electron chi connectivity index (χ4n) is 4.22. The number of amides is 1. The predicted molar refractivity (Wildman–Crippen MR) is 154 cm³/mol. The first kappa shape index (κ1) is 27.8. The maximum atomic E-state index is 12.7. The van der Waals surface area contributed by atoms with Crippen LogP contribution < -0.4 is 10.6 Å². The van der Waals surface area contributed by atoms with Gasteiger partial charge in [-0.2, -0.15) is 9.97 Å². The lowest BCUT2D eigenvalue weighted by Crippen LogP contribution is -2.47. The Morgan fingerprint density at radius 1 is 1.21 bits per heavy atom. The number of piperidine rings is 1. The number of nitrogens with zero attached hydrogens (tertiary/aromatic N) is 5. The van der Waals surface area contributed by atoms with Crippen LogP contribution in [0, 0.1) is 0 Å². The van der Waals surface area contributed by atoms with Crippen LogP contribution in [-0.4, -0.2) is 69.9 Å². The van der Waals surface area contributed by atoms with Crippen molar-refractivity contribution in [1.82, 2.24) is 24.4 Å². The highest BCUT2D eigenvalue weighted by Crippen LogP contribution is 2.27. The molecule has 1 fully saturated rings. The first-order valence-corrected chi connectivity index (χ1v) is 17.0. The van der Waals surface area contributed by atoms with Crippen molar-refractivity contribution < 1.29 is 14.3 Å². The quantitative estimate of drug-likeness (QED) is 0.264. The van der Waals surface area contributed by atoms with Crippen molar-refractivity contribution >= 4 is 42.7 Å². The lowest BCUT2D eigenvalue weighted by Gasteiger charge is -2.34. The maximum absolute atomic E-state index is 12.7. The van der Waals surface area contributed by atoms with Crippen LogP contribution in [0.4, 0.5) is 22.2 Å². The molecule has 10 nitrogen and oxygen atoms in total. The molecule has 0 spiro atoms. The van der Waals surface area contributed by atoms with Crippen LogP contribution in [0.5, 0.6) is 0 Å². The lowest BCUT2D eigenvalue weighted by atomic mass is 10.1. The summed E-state index contributed by atoms with van der Waals surface area (Å²) >= 11 is 0. The molecule has 38 heavy (non-hydrogen) atoms. The van der Waals surface area contributed by atoms with E-state index in [1.54, 1.807) is 17.3 Å². The number of hydrogen-bond donors (Lipinski definition) is 2. The molecule has 0 aliphatic carbocycles. The molecule has 3 aromatic heterocycles. The highest BCUT2D eigenvalue weighted by atomic mass is 28.3. The molecule has 1 aliphatic heterocycles. The number of ether oxygens (including phenoxy) is 2. The molecule has 1 aliphatic rings. The highest BCUT2D eigenvalue weighted by Gasteiger charge is 2.28. The summed E-state index contributed by atoms with van der Waals surface area (Å²) in [7, 11) is -1.17. The second-order valence-electron chi connectivity index (χ2n) is 12.0. The molecule has 206 valence electrons. The summed E-state index contributed by atoms with van der Waals surface area (Å²) < 4.78 is 13.6. The van der Waals surface area contributed by atoms with Crippen molar-refractivity contribution in [2.75, 3.05) is 30.3 Å². The molecule has 4 heterocycles. The summed E-state index contributed by atoms with van der Waals surface area (Å²) in [4.78, 5) is 28.3. The van der Waals surface area contributed by atoms with Crippen molar-refractivity contribution in [3.63, 3.8) is 0 Å². The Morgan fingerprint density at radius 2 is 2.03 bits per heavy atom. The lowest BCUT2D eigenvalue weighted by molar-refractivity contribution is 0.0206. The van der Waals surface area contributed by atoms with Crippen LogP contribution in [0.2, 0.25) is 25.7 Å². The van der Waals surface area contributed by atoms with Crippen LogP contribution in [0.3, 0.4) is 0 Å². The van der Waals surface area contributed by atoms with E-state index in [-0.39, 0.29) is 12.1 Å². The zero-order valence-electron chi connectivity index (χ0n) is 23.5. The predicted octanol–water partition coefficient (Wildman–Crippen LogP) is 5.69. The van der Waals surface area contributed by atoms with Crippen molar-refractivity contribution in [2.24, 2.45) is 0 Å². The van der Waals surface area contributed by atoms with Gasteiger partial charge in [-0.25, -0.2) is 4.79 Å². The number of fused-ring (bicyclic) bond motifs is 1. The maximum Gasteiger partial charge on any atom is 0.410 e. The smallest absolute Gasteiger partial charge is 0.410 e. The van der Waals surface area contributed by atoms with Crippen molar-refractivity contribution in [3.8, 4) is 0 Å². The minimum absolute atomic E-state index is 0.0388. The van der Waals surface area contributed by atoms with Gasteiger partial charge in [0.05, 0.1) is 17.3 Å². The molecule has 0 bridgehead atoms. The average molecular weight is 540 g/mol. The van der Waals surface area contributed by atoms with Gasteiger partial charge in [-0.1, -0.05) is 19.6 Å². The Labute approximate surface area is 226 Å². The molecule has 3 aromatic rings. The molecule has 2 N–H and O–H groups in total. The summed E-state index contributed by atoms with van der Waals surface area (Å²) in [6.07, 6.45) is 6.98. The molecular formula is C27H41N7O3Si. The summed E-state index contributed by atoms with van der Waals surface area (Å²) in [6.45, 7) is 15.1. The normalized spacial score (nSPS) is 16.5. The van der Waals surface area contributed by atoms with Gasteiger partial charge in [0.15, 0.2) is 0 Å². The molecule has 11 heteroatoms. The number of anilines is 3. The van der Waals surface area contributed by atoms with E-state index in [1.807, 2.05) is 49.7 Å². The number of carbonyl (C=O) groups is 1. The molecule has 1 saturated heterocycles. The number of carbonyl (C=O) groups excluding carboxylic acids is 1. The minimum atomic E-state index is -1.17. The molecule has 4 rings (SSSR count). The molecule has 0 aromatic carbocycles. The third kappa shape index (κ3) is 7.91. The summed E-state index contributed by atoms with van der Waals surface area (Å²) in [5.74, 6) is 1.19. The second-order valence-corrected chi connectivity index (χ2v) is 17.7. The average Bonchev–Trinajstić information content (AvgIpc) is 3.24. The molecule has 1 atom stereocenters. The van der Waals surface area contributed by atoms with Gasteiger partial charge in [-0.05, 0) is 57.9 Å². The topological polar surface area (TPSA) is 106 Å². The summed E-state index contributed by atoms with van der Waals surface area (Å²) in [6, 6.07) is 6.95. The van der Waals surface area contributed by atoms with Crippen molar-refractivity contribution in [2.45, 2.75) is 77.7 Å². The van der Waals surface area contributed by atoms with E-state index in [4.69, 9.17) is 19.4 Å². The number of pyridine rings is 1. The van der Waals surface area contributed by atoms with Gasteiger partial charge in [0.25, 0.3) is 0 Å². The third-order valence-corrected chi connectivity index (χ3v) is 7.88. The van der Waals surface area contributed by atoms with E-state index in [2.05, 4.69) is 35.3 Å². The first-order valence-electron chi connectivity index (χ1n) is 13.3. The summed E-state index contributed by atoms with van der Waals surface area (Å²) in [5.41, 5.74) is 1.06. The fourth-order valence-corrected chi connectivity index (χ4v) is 4.98. The minimum Gasteiger partial charge on any atom is -0.444 e. The van der Waals surface area contributed by atoms with Gasteiger partial charge in [0.1, 0.15) is 23.8 Å². The van der Waals surface area contributed by atoms with E-state index in [0.29, 0.717) is 25.8 Å². The second kappa shape index (κ2) is 11.7. The van der Waals surface area contributed by atoms with Crippen LogP contribution in [0.1, 0.15) is 33.6 Å². The van der Waals surface area contributed by atoms with Crippen LogP contribution in [0.15, 0.2) is 36.8 Å². The number of aromatic nitrogens is 4. The van der Waals surface area contributed by atoms with Crippen LogP contribution >= 0.6 is 0 Å². The number of likely N-dealkylation sites (tertiary alicyclic amines) is 1. The molecule has 1 amide bonds. The number of rotatable bonds is 9. The Hall–Kier alpha value is -3.18. The zero-order chi connectivity index (χ0) is 27.3. The van der Waals surface area contributed by atoms with E-state index < -0.39 is 13.7 Å². The highest BCUT2D eigenvalue weighted by molar-refractivity contribution is 6.76. The SMILES string of the molecule is CC(C)(C)OC(=O)N1CCC[C@@H](Nc2nc(Nc3cccnc3)nc3c2ccn3COCC[Si](C)(C)C)C1.